The van der Waals surface area contributed by atoms with Gasteiger partial charge in [0.2, 0.25) is 17.7 Å². The fraction of sp³-hybridized carbons (Fsp3) is 0.700. The summed E-state index contributed by atoms with van der Waals surface area (Å²) in [6.45, 7) is 5.27. The Balaban J connectivity index is 5.35. The van der Waals surface area contributed by atoms with Crippen LogP contribution in [0, 0.1) is 5.92 Å². The maximum atomic E-state index is 13.0. The third kappa shape index (κ3) is 13.6. The third-order valence-corrected chi connectivity index (χ3v) is 4.80. The Morgan fingerprint density at radius 3 is 1.60 bits per heavy atom. The number of rotatable bonds is 16. The number of nitrogens with one attached hydrogen (secondary N) is 3. The first-order chi connectivity index (χ1) is 16.3. The van der Waals surface area contributed by atoms with Gasteiger partial charge in [-0.3, -0.25) is 24.4 Å². The molecule has 200 valence electrons. The van der Waals surface area contributed by atoms with E-state index in [1.165, 1.54) is 6.92 Å². The molecule has 0 heterocycles. The van der Waals surface area contributed by atoms with Crippen LogP contribution in [0.2, 0.25) is 0 Å². The van der Waals surface area contributed by atoms with Gasteiger partial charge in [-0.2, -0.15) is 0 Å². The van der Waals surface area contributed by atoms with Crippen LogP contribution in [0.5, 0.6) is 0 Å². The molecule has 0 aromatic heterocycles. The van der Waals surface area contributed by atoms with Crippen LogP contribution in [0.15, 0.2) is 9.98 Å². The van der Waals surface area contributed by atoms with Gasteiger partial charge in [-0.1, -0.05) is 13.8 Å². The molecule has 0 saturated carbocycles. The molecule has 15 nitrogen and oxygen atoms in total. The van der Waals surface area contributed by atoms with Crippen molar-refractivity contribution >= 4 is 35.6 Å². The topological polar surface area (TPSA) is 279 Å². The predicted octanol–water partition coefficient (Wildman–Crippen LogP) is -3.36. The van der Waals surface area contributed by atoms with Crippen molar-refractivity contribution in [2.45, 2.75) is 70.6 Å². The number of carboxylic acids is 1. The Hall–Kier alpha value is -3.62. The second-order valence-electron chi connectivity index (χ2n) is 8.38. The quantitative estimate of drug-likeness (QED) is 0.0576. The fourth-order valence-corrected chi connectivity index (χ4v) is 2.89. The van der Waals surface area contributed by atoms with Gasteiger partial charge in [-0.05, 0) is 38.5 Å². The minimum absolute atomic E-state index is 0.0779. The van der Waals surface area contributed by atoms with Gasteiger partial charge in [-0.25, -0.2) is 4.79 Å². The highest BCUT2D eigenvalue weighted by Crippen LogP contribution is 2.07. The van der Waals surface area contributed by atoms with Crippen LogP contribution in [0.3, 0.4) is 0 Å². The van der Waals surface area contributed by atoms with Crippen LogP contribution in [0.1, 0.15) is 46.5 Å². The number of nitrogens with zero attached hydrogens (tertiary/aromatic N) is 2. The number of hydrogen-bond donors (Lipinski definition) is 9. The molecule has 0 aromatic carbocycles. The highest BCUT2D eigenvalue weighted by Gasteiger charge is 2.31. The number of carboxylic acid groups (broad SMARTS) is 1. The smallest absolute Gasteiger partial charge is 0.326 e. The van der Waals surface area contributed by atoms with Gasteiger partial charge in [0.05, 0.1) is 6.04 Å². The summed E-state index contributed by atoms with van der Waals surface area (Å²) in [6, 6.07) is -4.13. The maximum absolute atomic E-state index is 13.0. The van der Waals surface area contributed by atoms with Crippen molar-refractivity contribution in [3.63, 3.8) is 0 Å². The molecule has 0 bridgehead atoms. The Morgan fingerprint density at radius 1 is 0.743 bits per heavy atom. The molecule has 0 aliphatic rings. The SMILES string of the molecule is CC(N)C(=O)NC(CCCN=C(N)N)C(=O)NC(C(=O)NC(CCCN=C(N)N)C(=O)O)C(C)C. The van der Waals surface area contributed by atoms with E-state index in [1.54, 1.807) is 13.8 Å². The molecule has 0 aromatic rings. The van der Waals surface area contributed by atoms with Crippen LogP contribution in [-0.2, 0) is 19.2 Å². The van der Waals surface area contributed by atoms with Crippen LogP contribution in [0.4, 0.5) is 0 Å². The summed E-state index contributed by atoms with van der Waals surface area (Å²) in [4.78, 5) is 57.1. The zero-order chi connectivity index (χ0) is 27.1. The molecule has 3 amide bonds. The van der Waals surface area contributed by atoms with Crippen molar-refractivity contribution in [1.29, 1.82) is 0 Å². The Bertz CT molecular complexity index is 776. The monoisotopic (exact) mass is 500 g/mol. The zero-order valence-electron chi connectivity index (χ0n) is 20.5. The zero-order valence-corrected chi connectivity index (χ0v) is 20.5. The lowest BCUT2D eigenvalue weighted by Gasteiger charge is -2.27. The number of carbonyl (C=O) groups is 4. The number of nitrogens with two attached hydrogens (primary N) is 5. The van der Waals surface area contributed by atoms with Crippen molar-refractivity contribution in [3.05, 3.63) is 0 Å². The number of carbonyl (C=O) groups excluding carboxylic acids is 3. The van der Waals surface area contributed by atoms with Crippen LogP contribution in [-0.4, -0.2) is 78.0 Å². The van der Waals surface area contributed by atoms with Gasteiger partial charge in [0.25, 0.3) is 0 Å². The van der Waals surface area contributed by atoms with Gasteiger partial charge in [0.15, 0.2) is 11.9 Å². The highest BCUT2D eigenvalue weighted by molar-refractivity contribution is 5.94. The summed E-state index contributed by atoms with van der Waals surface area (Å²) >= 11 is 0. The number of aliphatic imine (C=N–C) groups is 2. The van der Waals surface area contributed by atoms with Gasteiger partial charge >= 0.3 is 5.97 Å². The molecule has 4 atom stereocenters. The number of amides is 3. The molecule has 0 aliphatic heterocycles. The molecule has 0 aliphatic carbocycles. The van der Waals surface area contributed by atoms with Crippen molar-refractivity contribution in [3.8, 4) is 0 Å². The molecule has 0 rings (SSSR count). The average Bonchev–Trinajstić information content (AvgIpc) is 2.74. The Labute approximate surface area is 204 Å². The second-order valence-corrected chi connectivity index (χ2v) is 8.38. The van der Waals surface area contributed by atoms with Crippen LogP contribution in [0.25, 0.3) is 0 Å². The highest BCUT2D eigenvalue weighted by atomic mass is 16.4. The minimum atomic E-state index is -1.24. The summed E-state index contributed by atoms with van der Waals surface area (Å²) in [5.41, 5.74) is 26.7. The van der Waals surface area contributed by atoms with Crippen LogP contribution >= 0.6 is 0 Å². The summed E-state index contributed by atoms with van der Waals surface area (Å²) in [5, 5.41) is 17.0. The first-order valence-electron chi connectivity index (χ1n) is 11.3. The van der Waals surface area contributed by atoms with Gasteiger partial charge in [0, 0.05) is 13.1 Å². The summed E-state index contributed by atoms with van der Waals surface area (Å²) in [7, 11) is 0. The summed E-state index contributed by atoms with van der Waals surface area (Å²) < 4.78 is 0. The number of guanidine groups is 2. The molecular weight excluding hydrogens is 460 g/mol. The number of aliphatic carboxylic acids is 1. The summed E-state index contributed by atoms with van der Waals surface area (Å²) in [6.07, 6.45) is 0.935. The summed E-state index contributed by atoms with van der Waals surface area (Å²) in [5.74, 6) is -3.71. The van der Waals surface area contributed by atoms with E-state index in [9.17, 15) is 24.3 Å². The minimum Gasteiger partial charge on any atom is -0.480 e. The molecule has 15 heteroatoms. The lowest BCUT2D eigenvalue weighted by molar-refractivity contribution is -0.142. The molecule has 0 fully saturated rings. The van der Waals surface area contributed by atoms with E-state index in [0.717, 1.165) is 0 Å². The average molecular weight is 501 g/mol. The van der Waals surface area contributed by atoms with E-state index in [4.69, 9.17) is 28.7 Å². The van der Waals surface area contributed by atoms with Crippen molar-refractivity contribution in [1.82, 2.24) is 16.0 Å². The standard InChI is InChI=1S/C20H40N10O5/c1-10(2)14(17(33)29-13(18(34)35)7-5-9-27-20(24)25)30-16(32)12(28-15(31)11(3)21)6-4-8-26-19(22)23/h10-14H,4-9,21H2,1-3H3,(H,28,31)(H,29,33)(H,30,32)(H,34,35)(H4,22,23,26)(H4,24,25,27). The molecule has 0 radical (unpaired) electrons. The first kappa shape index (κ1) is 31.4. The molecule has 4 unspecified atom stereocenters. The Kier molecular flexibility index (Phi) is 14.4. The fourth-order valence-electron chi connectivity index (χ4n) is 2.89. The first-order valence-corrected chi connectivity index (χ1v) is 11.3. The Morgan fingerprint density at radius 2 is 1.20 bits per heavy atom. The van der Waals surface area contributed by atoms with E-state index in [-0.39, 0.29) is 43.8 Å². The van der Waals surface area contributed by atoms with Gasteiger partial charge in [-0.15, -0.1) is 0 Å². The normalized spacial score (nSPS) is 14.1. The molecule has 14 N–H and O–H groups in total. The van der Waals surface area contributed by atoms with Gasteiger partial charge < -0.3 is 49.7 Å². The van der Waals surface area contributed by atoms with Crippen molar-refractivity contribution in [2.75, 3.05) is 13.1 Å². The lowest BCUT2D eigenvalue weighted by Crippen LogP contribution is -2.58. The molecule has 35 heavy (non-hydrogen) atoms. The van der Waals surface area contributed by atoms with Crippen molar-refractivity contribution < 1.29 is 24.3 Å². The molecular formula is C20H40N10O5. The van der Waals surface area contributed by atoms with E-state index in [1.807, 2.05) is 0 Å². The largest absolute Gasteiger partial charge is 0.480 e. The predicted molar refractivity (Wildman–Crippen MR) is 132 cm³/mol. The van der Waals surface area contributed by atoms with E-state index < -0.39 is 47.9 Å². The lowest BCUT2D eigenvalue weighted by atomic mass is 10.0. The number of hydrogen-bond acceptors (Lipinski definition) is 7. The van der Waals surface area contributed by atoms with E-state index >= 15 is 0 Å². The van der Waals surface area contributed by atoms with E-state index in [0.29, 0.717) is 12.8 Å². The van der Waals surface area contributed by atoms with Gasteiger partial charge in [0.1, 0.15) is 18.1 Å². The molecule has 0 saturated heterocycles. The van der Waals surface area contributed by atoms with Crippen LogP contribution < -0.4 is 44.6 Å². The van der Waals surface area contributed by atoms with Crippen molar-refractivity contribution in [2.24, 2.45) is 44.6 Å². The third-order valence-electron chi connectivity index (χ3n) is 4.80. The molecule has 0 spiro atoms. The second kappa shape index (κ2) is 16.1. The van der Waals surface area contributed by atoms with E-state index in [2.05, 4.69) is 25.9 Å². The maximum Gasteiger partial charge on any atom is 0.326 e.